The van der Waals surface area contributed by atoms with Crippen LogP contribution in [0.15, 0.2) is 77.1 Å². The Bertz CT molecular complexity index is 586. The van der Waals surface area contributed by atoms with Crippen molar-refractivity contribution in [3.8, 4) is 0 Å². The highest BCUT2D eigenvalue weighted by molar-refractivity contribution is 5.39. The number of hydrogen-bond acceptors (Lipinski definition) is 1. The van der Waals surface area contributed by atoms with E-state index in [9.17, 15) is 0 Å². The zero-order valence-electron chi connectivity index (χ0n) is 14.7. The molecule has 1 heteroatoms. The molecule has 0 aliphatic heterocycles. The van der Waals surface area contributed by atoms with Crippen LogP contribution in [0.4, 0.5) is 0 Å². The van der Waals surface area contributed by atoms with Crippen molar-refractivity contribution < 1.29 is 0 Å². The van der Waals surface area contributed by atoms with Crippen molar-refractivity contribution in [2.45, 2.75) is 40.5 Å². The molecule has 0 amide bonds. The first-order chi connectivity index (χ1) is 10.5. The second-order valence-electron chi connectivity index (χ2n) is 5.77. The topological polar surface area (TPSA) is 12.0 Å². The monoisotopic (exact) mass is 295 g/mol. The van der Waals surface area contributed by atoms with Crippen LogP contribution in [0.5, 0.6) is 0 Å². The molecular weight excluding hydrogens is 266 g/mol. The van der Waals surface area contributed by atoms with E-state index in [4.69, 9.17) is 0 Å². The second-order valence-corrected chi connectivity index (χ2v) is 5.77. The summed E-state index contributed by atoms with van der Waals surface area (Å²) in [5, 5.41) is 3.10. The fraction of sp³-hybridized carbons (Fsp3) is 0.333. The summed E-state index contributed by atoms with van der Waals surface area (Å²) in [5.74, 6) is 0. The quantitative estimate of drug-likeness (QED) is 0.647. The molecule has 0 spiro atoms. The smallest absolute Gasteiger partial charge is 0.0294 e. The summed E-state index contributed by atoms with van der Waals surface area (Å²) in [6, 6.07) is 10.7. The van der Waals surface area contributed by atoms with Crippen LogP contribution in [0, 0.1) is 0 Å². The highest BCUT2D eigenvalue weighted by Gasteiger charge is 2.02. The first kappa shape index (κ1) is 18.0. The SMILES string of the molecule is C=C(NC)/C(C)=C/C(C)=C\C(Cc1ccccc1)=C(C)CC. The molecule has 1 aromatic rings. The summed E-state index contributed by atoms with van der Waals surface area (Å²) in [6.45, 7) is 12.7. The lowest BCUT2D eigenvalue weighted by atomic mass is 9.97. The standard InChI is InChI=1S/C21H29N/c1-7-17(3)21(15-20-11-9-8-10-12-20)14-16(2)13-18(4)19(5)22-6/h8-14,22H,5,7,15H2,1-4,6H3/b16-14-,18-13+,21-17?. The largest absolute Gasteiger partial charge is 0.388 e. The number of allylic oxidation sites excluding steroid dienone is 6. The van der Waals surface area contributed by atoms with Gasteiger partial charge in [-0.1, -0.05) is 67.1 Å². The first-order valence-corrected chi connectivity index (χ1v) is 7.94. The van der Waals surface area contributed by atoms with Crippen LogP contribution in [0.1, 0.15) is 39.7 Å². The number of rotatable bonds is 7. The van der Waals surface area contributed by atoms with Crippen LogP contribution in [0.2, 0.25) is 0 Å². The Morgan fingerprint density at radius 1 is 1.09 bits per heavy atom. The van der Waals surface area contributed by atoms with E-state index in [-0.39, 0.29) is 0 Å². The molecule has 0 aliphatic carbocycles. The lowest BCUT2D eigenvalue weighted by molar-refractivity contribution is 1.00. The molecule has 1 nitrogen and oxygen atoms in total. The minimum atomic E-state index is 0.966. The van der Waals surface area contributed by atoms with Gasteiger partial charge in [-0.15, -0.1) is 0 Å². The summed E-state index contributed by atoms with van der Waals surface area (Å²) in [7, 11) is 1.90. The van der Waals surface area contributed by atoms with E-state index < -0.39 is 0 Å². The molecule has 1 rings (SSSR count). The fourth-order valence-electron chi connectivity index (χ4n) is 2.31. The molecule has 22 heavy (non-hydrogen) atoms. The van der Waals surface area contributed by atoms with E-state index in [2.05, 4.69) is 82.1 Å². The Kier molecular flexibility index (Phi) is 7.45. The molecule has 0 atom stereocenters. The molecule has 0 bridgehead atoms. The zero-order chi connectivity index (χ0) is 16.5. The first-order valence-electron chi connectivity index (χ1n) is 7.94. The predicted octanol–water partition coefficient (Wildman–Crippen LogP) is 5.58. The number of nitrogens with one attached hydrogen (secondary N) is 1. The Morgan fingerprint density at radius 2 is 1.73 bits per heavy atom. The van der Waals surface area contributed by atoms with Gasteiger partial charge in [0.2, 0.25) is 0 Å². The van der Waals surface area contributed by atoms with Crippen molar-refractivity contribution in [2.75, 3.05) is 7.05 Å². The van der Waals surface area contributed by atoms with Crippen molar-refractivity contribution in [2.24, 2.45) is 0 Å². The van der Waals surface area contributed by atoms with Crippen molar-refractivity contribution in [3.63, 3.8) is 0 Å². The third-order valence-electron chi connectivity index (χ3n) is 3.94. The van der Waals surface area contributed by atoms with Gasteiger partial charge in [0.1, 0.15) is 0 Å². The molecular formula is C21H29N. The van der Waals surface area contributed by atoms with Gasteiger partial charge in [-0.25, -0.2) is 0 Å². The van der Waals surface area contributed by atoms with E-state index in [1.807, 2.05) is 7.05 Å². The molecule has 0 aromatic heterocycles. The average molecular weight is 295 g/mol. The van der Waals surface area contributed by atoms with E-state index >= 15 is 0 Å². The van der Waals surface area contributed by atoms with Gasteiger partial charge in [-0.3, -0.25) is 0 Å². The minimum Gasteiger partial charge on any atom is -0.388 e. The van der Waals surface area contributed by atoms with Crippen molar-refractivity contribution in [1.82, 2.24) is 5.32 Å². The van der Waals surface area contributed by atoms with Crippen molar-refractivity contribution in [1.29, 1.82) is 0 Å². The highest BCUT2D eigenvalue weighted by atomic mass is 14.8. The molecule has 0 saturated heterocycles. The van der Waals surface area contributed by atoms with Crippen LogP contribution in [0.3, 0.4) is 0 Å². The Balaban J connectivity index is 3.04. The third-order valence-corrected chi connectivity index (χ3v) is 3.94. The lowest BCUT2D eigenvalue weighted by Gasteiger charge is -2.10. The summed E-state index contributed by atoms with van der Waals surface area (Å²) in [4.78, 5) is 0. The summed E-state index contributed by atoms with van der Waals surface area (Å²) in [6.07, 6.45) is 6.56. The van der Waals surface area contributed by atoms with Gasteiger partial charge in [0.25, 0.3) is 0 Å². The van der Waals surface area contributed by atoms with Gasteiger partial charge in [0.15, 0.2) is 0 Å². The maximum Gasteiger partial charge on any atom is 0.0294 e. The summed E-state index contributed by atoms with van der Waals surface area (Å²) in [5.41, 5.74) is 7.60. The number of hydrogen-bond donors (Lipinski definition) is 1. The van der Waals surface area contributed by atoms with Crippen molar-refractivity contribution in [3.05, 3.63) is 82.6 Å². The van der Waals surface area contributed by atoms with E-state index in [1.165, 1.54) is 27.9 Å². The third kappa shape index (κ3) is 5.77. The van der Waals surface area contributed by atoms with Crippen LogP contribution in [-0.4, -0.2) is 7.05 Å². The zero-order valence-corrected chi connectivity index (χ0v) is 14.7. The molecule has 0 aliphatic rings. The molecule has 0 radical (unpaired) electrons. The molecule has 0 unspecified atom stereocenters. The van der Waals surface area contributed by atoms with E-state index in [0.29, 0.717) is 0 Å². The van der Waals surface area contributed by atoms with Crippen LogP contribution in [-0.2, 0) is 6.42 Å². The molecule has 118 valence electrons. The Morgan fingerprint density at radius 3 is 2.27 bits per heavy atom. The van der Waals surface area contributed by atoms with E-state index in [1.54, 1.807) is 0 Å². The Hall–Kier alpha value is -2.02. The number of likely N-dealkylation sites (N-methyl/N-ethyl adjacent to an activating group) is 1. The average Bonchev–Trinajstić information content (AvgIpc) is 2.53. The molecule has 0 saturated carbocycles. The van der Waals surface area contributed by atoms with Gasteiger partial charge in [0, 0.05) is 12.7 Å². The van der Waals surface area contributed by atoms with Crippen molar-refractivity contribution >= 4 is 0 Å². The Labute approximate surface area is 136 Å². The molecule has 0 heterocycles. The van der Waals surface area contributed by atoms with Crippen LogP contribution >= 0.6 is 0 Å². The fourth-order valence-corrected chi connectivity index (χ4v) is 2.31. The van der Waals surface area contributed by atoms with E-state index in [0.717, 1.165) is 18.5 Å². The highest BCUT2D eigenvalue weighted by Crippen LogP contribution is 2.19. The summed E-state index contributed by atoms with van der Waals surface area (Å²) < 4.78 is 0. The van der Waals surface area contributed by atoms with Gasteiger partial charge in [0.05, 0.1) is 0 Å². The van der Waals surface area contributed by atoms with Gasteiger partial charge < -0.3 is 5.32 Å². The number of benzene rings is 1. The normalized spacial score (nSPS) is 13.7. The van der Waals surface area contributed by atoms with Gasteiger partial charge in [-0.05, 0) is 50.3 Å². The maximum atomic E-state index is 4.01. The van der Waals surface area contributed by atoms with Crippen LogP contribution < -0.4 is 5.32 Å². The maximum absolute atomic E-state index is 4.01. The van der Waals surface area contributed by atoms with Crippen LogP contribution in [0.25, 0.3) is 0 Å². The predicted molar refractivity (Wildman–Crippen MR) is 98.9 cm³/mol. The summed E-state index contributed by atoms with van der Waals surface area (Å²) >= 11 is 0. The molecule has 0 fully saturated rings. The van der Waals surface area contributed by atoms with Gasteiger partial charge in [-0.2, -0.15) is 0 Å². The lowest BCUT2D eigenvalue weighted by Crippen LogP contribution is -2.05. The second kappa shape index (κ2) is 9.09. The van der Waals surface area contributed by atoms with Gasteiger partial charge >= 0.3 is 0 Å². The molecule has 1 N–H and O–H groups in total. The molecule has 1 aromatic carbocycles. The minimum absolute atomic E-state index is 0.966.